The number of nitrogens with zero attached hydrogens (tertiary/aromatic N) is 2. The zero-order valence-electron chi connectivity index (χ0n) is 19.6. The summed E-state index contributed by atoms with van der Waals surface area (Å²) in [5.41, 5.74) is 4.07. The molecule has 1 amide bonds. The van der Waals surface area contributed by atoms with Crippen LogP contribution < -0.4 is 10.6 Å². The van der Waals surface area contributed by atoms with Crippen molar-refractivity contribution in [1.29, 1.82) is 0 Å². The molecule has 184 valence electrons. The number of anilines is 1. The largest absolute Gasteiger partial charge is 0.480 e. The number of aromatic amines is 1. The minimum absolute atomic E-state index is 0.155. The van der Waals surface area contributed by atoms with Crippen molar-refractivity contribution in [3.63, 3.8) is 0 Å². The standard InChI is InChI=1S/C26H31N5O4/c32-25(20-7-11-27-21-8-12-28-23(20)21)31-22(26(33)34)9-13-35-19-14-16(15-19)3-5-18-6-4-17-2-1-10-29-24(17)30-18/h4,6-8,11-12,16,19,22,28H,1-3,5,9-10,13-15H2,(H,29,30)(H,31,32)(H,33,34)/t16-,19-,22-/m0/s1. The highest BCUT2D eigenvalue weighted by Gasteiger charge is 2.30. The number of rotatable bonds is 10. The first-order chi connectivity index (χ1) is 17.1. The Balaban J connectivity index is 1.03. The van der Waals surface area contributed by atoms with Crippen LogP contribution in [0.25, 0.3) is 11.0 Å². The monoisotopic (exact) mass is 477 g/mol. The molecule has 9 heteroatoms. The average molecular weight is 478 g/mol. The molecule has 1 atom stereocenters. The molecule has 0 bridgehead atoms. The highest BCUT2D eigenvalue weighted by molar-refractivity contribution is 6.05. The zero-order chi connectivity index (χ0) is 24.2. The van der Waals surface area contributed by atoms with Gasteiger partial charge in [0, 0.05) is 37.7 Å². The molecule has 4 heterocycles. The lowest BCUT2D eigenvalue weighted by molar-refractivity contribution is -0.140. The van der Waals surface area contributed by atoms with E-state index in [1.54, 1.807) is 18.3 Å². The van der Waals surface area contributed by atoms with E-state index in [1.807, 2.05) is 0 Å². The summed E-state index contributed by atoms with van der Waals surface area (Å²) in [7, 11) is 0. The molecule has 1 fully saturated rings. The van der Waals surface area contributed by atoms with Gasteiger partial charge in [-0.3, -0.25) is 9.78 Å². The summed E-state index contributed by atoms with van der Waals surface area (Å²) < 4.78 is 5.90. The quantitative estimate of drug-likeness (QED) is 0.352. The van der Waals surface area contributed by atoms with E-state index in [0.29, 0.717) is 29.1 Å². The first kappa shape index (κ1) is 23.3. The van der Waals surface area contributed by atoms with Crippen LogP contribution in [0.1, 0.15) is 53.7 Å². The number of aryl methyl sites for hydroxylation is 2. The fourth-order valence-corrected chi connectivity index (χ4v) is 4.90. The lowest BCUT2D eigenvalue weighted by atomic mass is 9.79. The average Bonchev–Trinajstić information content (AvgIpc) is 3.32. The van der Waals surface area contributed by atoms with Crippen molar-refractivity contribution in [2.24, 2.45) is 5.92 Å². The molecule has 0 radical (unpaired) electrons. The third-order valence-corrected chi connectivity index (χ3v) is 7.01. The Bertz CT molecular complexity index is 1200. The maximum absolute atomic E-state index is 12.7. The van der Waals surface area contributed by atoms with Crippen LogP contribution in [0.15, 0.2) is 36.7 Å². The van der Waals surface area contributed by atoms with Gasteiger partial charge in [0.05, 0.1) is 22.7 Å². The van der Waals surface area contributed by atoms with Gasteiger partial charge in [-0.1, -0.05) is 6.07 Å². The number of hydrogen-bond donors (Lipinski definition) is 4. The van der Waals surface area contributed by atoms with Crippen LogP contribution in [0.3, 0.4) is 0 Å². The van der Waals surface area contributed by atoms with Gasteiger partial charge in [0.2, 0.25) is 0 Å². The van der Waals surface area contributed by atoms with E-state index in [2.05, 4.69) is 32.7 Å². The number of amides is 1. The topological polar surface area (TPSA) is 129 Å². The Labute approximate surface area is 203 Å². The molecule has 0 saturated heterocycles. The lowest BCUT2D eigenvalue weighted by Gasteiger charge is -2.35. The number of ether oxygens (including phenoxy) is 1. The number of H-pyrrole nitrogens is 1. The van der Waals surface area contributed by atoms with Crippen molar-refractivity contribution < 1.29 is 19.4 Å². The van der Waals surface area contributed by atoms with Crippen LogP contribution in [0.5, 0.6) is 0 Å². The molecule has 2 aliphatic rings. The Hall–Kier alpha value is -3.46. The van der Waals surface area contributed by atoms with Crippen molar-refractivity contribution >= 4 is 28.7 Å². The fraction of sp³-hybridized carbons (Fsp3) is 0.462. The maximum atomic E-state index is 12.7. The number of pyridine rings is 2. The Kier molecular flexibility index (Phi) is 6.94. The third-order valence-electron chi connectivity index (χ3n) is 7.01. The minimum Gasteiger partial charge on any atom is -0.480 e. The van der Waals surface area contributed by atoms with E-state index in [1.165, 1.54) is 18.2 Å². The van der Waals surface area contributed by atoms with Gasteiger partial charge in [0.1, 0.15) is 11.9 Å². The highest BCUT2D eigenvalue weighted by atomic mass is 16.5. The van der Waals surface area contributed by atoms with Gasteiger partial charge in [-0.15, -0.1) is 0 Å². The van der Waals surface area contributed by atoms with Crippen molar-refractivity contribution in [3.05, 3.63) is 53.5 Å². The van der Waals surface area contributed by atoms with Crippen molar-refractivity contribution in [1.82, 2.24) is 20.3 Å². The van der Waals surface area contributed by atoms with Gasteiger partial charge in [-0.2, -0.15) is 0 Å². The Morgan fingerprint density at radius 3 is 2.97 bits per heavy atom. The number of carbonyl (C=O) groups is 2. The highest BCUT2D eigenvalue weighted by Crippen LogP contribution is 2.34. The molecular weight excluding hydrogens is 446 g/mol. The molecular formula is C26H31N5O4. The van der Waals surface area contributed by atoms with Crippen LogP contribution in [0, 0.1) is 5.92 Å². The van der Waals surface area contributed by atoms with Crippen LogP contribution in [-0.2, 0) is 22.4 Å². The molecule has 0 aromatic carbocycles. The van der Waals surface area contributed by atoms with E-state index in [-0.39, 0.29) is 12.5 Å². The number of carbonyl (C=O) groups excluding carboxylic acids is 1. The SMILES string of the molecule is O=C(N[C@@H](CCO[C@H]1C[C@H](CCc2ccc3c(n2)NCCC3)C1)C(=O)O)c1ccnc2cc[nH]c12. The predicted molar refractivity (Wildman–Crippen MR) is 131 cm³/mol. The van der Waals surface area contributed by atoms with Crippen LogP contribution in [0.2, 0.25) is 0 Å². The minimum atomic E-state index is -1.07. The number of aliphatic carboxylic acids is 1. The van der Waals surface area contributed by atoms with Gasteiger partial charge in [0.15, 0.2) is 0 Å². The van der Waals surface area contributed by atoms with Crippen molar-refractivity contribution in [2.45, 2.75) is 57.1 Å². The molecule has 4 N–H and O–H groups in total. The van der Waals surface area contributed by atoms with Gasteiger partial charge in [-0.25, -0.2) is 9.78 Å². The molecule has 1 aliphatic heterocycles. The van der Waals surface area contributed by atoms with Crippen LogP contribution >= 0.6 is 0 Å². The summed E-state index contributed by atoms with van der Waals surface area (Å²) >= 11 is 0. The predicted octanol–water partition coefficient (Wildman–Crippen LogP) is 3.32. The second-order valence-corrected chi connectivity index (χ2v) is 9.46. The van der Waals surface area contributed by atoms with Gasteiger partial charge < -0.3 is 25.5 Å². The van der Waals surface area contributed by atoms with Crippen molar-refractivity contribution in [3.8, 4) is 0 Å². The second kappa shape index (κ2) is 10.4. The molecule has 0 unspecified atom stereocenters. The number of nitrogens with one attached hydrogen (secondary N) is 3. The fourth-order valence-electron chi connectivity index (χ4n) is 4.90. The van der Waals surface area contributed by atoms with E-state index >= 15 is 0 Å². The van der Waals surface area contributed by atoms with Crippen LogP contribution in [-0.4, -0.2) is 57.2 Å². The summed E-state index contributed by atoms with van der Waals surface area (Å²) in [5.74, 6) is 0.139. The molecule has 1 aliphatic carbocycles. The van der Waals surface area contributed by atoms with Crippen molar-refractivity contribution in [2.75, 3.05) is 18.5 Å². The molecule has 35 heavy (non-hydrogen) atoms. The van der Waals surface area contributed by atoms with Crippen LogP contribution in [0.4, 0.5) is 5.82 Å². The normalized spacial score (nSPS) is 19.9. The Morgan fingerprint density at radius 1 is 1.23 bits per heavy atom. The summed E-state index contributed by atoms with van der Waals surface area (Å²) in [6.07, 6.45) is 9.88. The summed E-state index contributed by atoms with van der Waals surface area (Å²) in [5, 5.41) is 15.6. The van der Waals surface area contributed by atoms with E-state index in [9.17, 15) is 14.7 Å². The third kappa shape index (κ3) is 5.45. The summed E-state index contributed by atoms with van der Waals surface area (Å²) in [4.78, 5) is 36.3. The maximum Gasteiger partial charge on any atom is 0.326 e. The molecule has 3 aromatic rings. The molecule has 3 aromatic heterocycles. The number of aromatic nitrogens is 3. The zero-order valence-corrected chi connectivity index (χ0v) is 19.6. The Morgan fingerprint density at radius 2 is 2.11 bits per heavy atom. The molecule has 9 nitrogen and oxygen atoms in total. The molecule has 0 spiro atoms. The van der Waals surface area contributed by atoms with Gasteiger partial charge >= 0.3 is 5.97 Å². The van der Waals surface area contributed by atoms with E-state index in [0.717, 1.165) is 50.2 Å². The number of carboxylic acids is 1. The van der Waals surface area contributed by atoms with Gasteiger partial charge in [-0.05, 0) is 68.2 Å². The smallest absolute Gasteiger partial charge is 0.326 e. The van der Waals surface area contributed by atoms with E-state index in [4.69, 9.17) is 9.72 Å². The second-order valence-electron chi connectivity index (χ2n) is 9.46. The number of hydrogen-bond acceptors (Lipinski definition) is 6. The summed E-state index contributed by atoms with van der Waals surface area (Å²) in [6, 6.07) is 6.67. The number of carboxylic acid groups (broad SMARTS) is 1. The van der Waals surface area contributed by atoms with Gasteiger partial charge in [0.25, 0.3) is 5.91 Å². The first-order valence-corrected chi connectivity index (χ1v) is 12.4. The molecule has 1 saturated carbocycles. The lowest BCUT2D eigenvalue weighted by Crippen LogP contribution is -2.42. The first-order valence-electron chi connectivity index (χ1n) is 12.4. The molecule has 5 rings (SSSR count). The van der Waals surface area contributed by atoms with E-state index < -0.39 is 17.9 Å². The summed E-state index contributed by atoms with van der Waals surface area (Å²) in [6.45, 7) is 1.29. The number of fused-ring (bicyclic) bond motifs is 2.